The maximum atomic E-state index is 13.5. The van der Waals surface area contributed by atoms with Gasteiger partial charge in [0, 0.05) is 18.9 Å². The quantitative estimate of drug-likeness (QED) is 0.327. The monoisotopic (exact) mass is 313 g/mol. The fourth-order valence-electron chi connectivity index (χ4n) is 1.59. The largest absolute Gasteiger partial charge is 0.409 e. The summed E-state index contributed by atoms with van der Waals surface area (Å²) in [5, 5.41) is 15.0. The molecule has 112 valence electrons. The van der Waals surface area contributed by atoms with E-state index in [0.29, 0.717) is 0 Å². The predicted octanol–water partition coefficient (Wildman–Crippen LogP) is 0.455. The molecule has 0 bridgehead atoms. The van der Waals surface area contributed by atoms with Crippen LogP contribution >= 0.6 is 0 Å². The number of hydrogen-bond acceptors (Lipinski definition) is 5. The predicted molar refractivity (Wildman–Crippen MR) is 72.9 cm³/mol. The van der Waals surface area contributed by atoms with E-state index in [0.717, 1.165) is 12.1 Å². The first kappa shape index (κ1) is 14.8. The van der Waals surface area contributed by atoms with Gasteiger partial charge >= 0.3 is 0 Å². The summed E-state index contributed by atoms with van der Waals surface area (Å²) < 4.78 is 41.3. The molecular formula is C11H12FN5O3S. The van der Waals surface area contributed by atoms with Crippen LogP contribution < -0.4 is 10.5 Å². The molecule has 0 saturated heterocycles. The van der Waals surface area contributed by atoms with E-state index < -0.39 is 21.7 Å². The molecule has 0 aliphatic carbocycles. The zero-order valence-corrected chi connectivity index (χ0v) is 11.7. The first-order chi connectivity index (χ1) is 9.83. The molecule has 1 heterocycles. The number of oxime groups is 1. The van der Waals surface area contributed by atoms with E-state index in [-0.39, 0.29) is 16.1 Å². The van der Waals surface area contributed by atoms with Gasteiger partial charge < -0.3 is 10.9 Å². The van der Waals surface area contributed by atoms with Crippen LogP contribution in [0.3, 0.4) is 0 Å². The smallest absolute Gasteiger partial charge is 0.265 e. The van der Waals surface area contributed by atoms with Crippen molar-refractivity contribution >= 4 is 21.5 Å². The summed E-state index contributed by atoms with van der Waals surface area (Å²) in [6.45, 7) is 0. The highest BCUT2D eigenvalue weighted by Gasteiger charge is 2.17. The van der Waals surface area contributed by atoms with Gasteiger partial charge in [-0.05, 0) is 18.2 Å². The number of nitrogens with zero attached hydrogens (tertiary/aromatic N) is 3. The molecule has 1 aromatic carbocycles. The summed E-state index contributed by atoms with van der Waals surface area (Å²) in [5.74, 6) is -1.20. The van der Waals surface area contributed by atoms with E-state index in [1.807, 2.05) is 0 Å². The van der Waals surface area contributed by atoms with Crippen LogP contribution in [0.15, 0.2) is 40.6 Å². The number of rotatable bonds is 4. The van der Waals surface area contributed by atoms with Crippen LogP contribution in [-0.4, -0.2) is 29.2 Å². The van der Waals surface area contributed by atoms with Crippen LogP contribution in [0.5, 0.6) is 0 Å². The molecule has 2 aromatic rings. The summed E-state index contributed by atoms with van der Waals surface area (Å²) in [5.41, 5.74) is 5.16. The van der Waals surface area contributed by atoms with Crippen LogP contribution in [0.1, 0.15) is 5.56 Å². The maximum absolute atomic E-state index is 13.5. The van der Waals surface area contributed by atoms with E-state index in [2.05, 4.69) is 15.0 Å². The van der Waals surface area contributed by atoms with E-state index >= 15 is 0 Å². The van der Waals surface area contributed by atoms with Crippen molar-refractivity contribution in [2.24, 2.45) is 17.9 Å². The lowest BCUT2D eigenvalue weighted by molar-refractivity contribution is 0.318. The van der Waals surface area contributed by atoms with Crippen LogP contribution in [-0.2, 0) is 17.1 Å². The van der Waals surface area contributed by atoms with Crippen LogP contribution in [0.25, 0.3) is 0 Å². The second-order valence-electron chi connectivity index (χ2n) is 4.14. The Morgan fingerprint density at radius 1 is 1.52 bits per heavy atom. The number of aryl methyl sites for hydroxylation is 1. The highest BCUT2D eigenvalue weighted by molar-refractivity contribution is 7.92. The number of sulfonamides is 1. The highest BCUT2D eigenvalue weighted by atomic mass is 32.2. The molecule has 0 unspecified atom stereocenters. The fraction of sp³-hybridized carbons (Fsp3) is 0.0909. The van der Waals surface area contributed by atoms with Crippen molar-refractivity contribution in [2.75, 3.05) is 4.72 Å². The summed E-state index contributed by atoms with van der Waals surface area (Å²) in [6.07, 6.45) is 2.49. The average molecular weight is 313 g/mol. The van der Waals surface area contributed by atoms with Gasteiger partial charge in [-0.1, -0.05) is 5.16 Å². The van der Waals surface area contributed by atoms with Crippen molar-refractivity contribution in [3.63, 3.8) is 0 Å². The Bertz CT molecular complexity index is 800. The first-order valence-corrected chi connectivity index (χ1v) is 7.11. The van der Waals surface area contributed by atoms with E-state index in [9.17, 15) is 12.8 Å². The molecule has 10 heteroatoms. The third-order valence-electron chi connectivity index (χ3n) is 2.59. The van der Waals surface area contributed by atoms with Gasteiger partial charge in [-0.15, -0.1) is 0 Å². The number of hydrogen-bond donors (Lipinski definition) is 3. The third kappa shape index (κ3) is 3.11. The van der Waals surface area contributed by atoms with Crippen molar-refractivity contribution in [1.29, 1.82) is 0 Å². The van der Waals surface area contributed by atoms with Crippen molar-refractivity contribution < 1.29 is 18.0 Å². The maximum Gasteiger partial charge on any atom is 0.265 e. The molecule has 0 aliphatic rings. The summed E-state index contributed by atoms with van der Waals surface area (Å²) in [7, 11) is -2.28. The van der Waals surface area contributed by atoms with E-state index in [4.69, 9.17) is 10.9 Å². The fourth-order valence-corrected chi connectivity index (χ4v) is 2.62. The summed E-state index contributed by atoms with van der Waals surface area (Å²) >= 11 is 0. The molecule has 0 radical (unpaired) electrons. The van der Waals surface area contributed by atoms with Gasteiger partial charge in [-0.3, -0.25) is 9.40 Å². The van der Waals surface area contributed by atoms with Gasteiger partial charge in [-0.2, -0.15) is 5.10 Å². The molecule has 0 aliphatic heterocycles. The van der Waals surface area contributed by atoms with Gasteiger partial charge in [0.2, 0.25) is 0 Å². The normalized spacial score (nSPS) is 12.4. The average Bonchev–Trinajstić information content (AvgIpc) is 2.87. The number of benzene rings is 1. The molecule has 0 fully saturated rings. The number of aromatic nitrogens is 2. The van der Waals surface area contributed by atoms with Gasteiger partial charge in [-0.25, -0.2) is 12.8 Å². The molecular weight excluding hydrogens is 301 g/mol. The minimum absolute atomic E-state index is 0.0420. The third-order valence-corrected chi connectivity index (χ3v) is 3.93. The lowest BCUT2D eigenvalue weighted by Crippen LogP contribution is -2.17. The molecule has 4 N–H and O–H groups in total. The Balaban J connectivity index is 2.36. The molecule has 1 aromatic heterocycles. The topological polar surface area (TPSA) is 123 Å². The van der Waals surface area contributed by atoms with Crippen molar-refractivity contribution in [3.8, 4) is 0 Å². The lowest BCUT2D eigenvalue weighted by Gasteiger charge is -2.08. The van der Waals surface area contributed by atoms with Gasteiger partial charge in [0.25, 0.3) is 10.0 Å². The number of nitrogens with one attached hydrogen (secondary N) is 1. The van der Waals surface area contributed by atoms with Gasteiger partial charge in [0.1, 0.15) is 10.7 Å². The lowest BCUT2D eigenvalue weighted by atomic mass is 10.2. The SMILES string of the molecule is Cn1cc(S(=O)(=O)Nc2ccc(F)c(C(N)=NO)c2)cn1. The standard InChI is InChI=1S/C11H12FN5O3S/c1-17-6-8(5-14-17)21(19,20)16-7-2-3-10(12)9(4-7)11(13)15-18/h2-6,16,18H,1H3,(H2,13,15). The Morgan fingerprint density at radius 3 is 2.81 bits per heavy atom. The van der Waals surface area contributed by atoms with Crippen LogP contribution in [0.4, 0.5) is 10.1 Å². The second-order valence-corrected chi connectivity index (χ2v) is 5.82. The molecule has 0 atom stereocenters. The van der Waals surface area contributed by atoms with Gasteiger partial charge in [0.05, 0.1) is 11.8 Å². The zero-order valence-electron chi connectivity index (χ0n) is 10.9. The van der Waals surface area contributed by atoms with Crippen molar-refractivity contribution in [1.82, 2.24) is 9.78 Å². The Hall–Kier alpha value is -2.62. The molecule has 2 rings (SSSR count). The van der Waals surface area contributed by atoms with Gasteiger partial charge in [0.15, 0.2) is 5.84 Å². The van der Waals surface area contributed by atoms with Crippen molar-refractivity contribution in [3.05, 3.63) is 42.0 Å². The Kier molecular flexibility index (Phi) is 3.80. The number of nitrogens with two attached hydrogens (primary N) is 1. The second kappa shape index (κ2) is 5.40. The van der Waals surface area contributed by atoms with E-state index in [1.54, 1.807) is 7.05 Å². The van der Waals surface area contributed by atoms with Crippen molar-refractivity contribution in [2.45, 2.75) is 4.90 Å². The highest BCUT2D eigenvalue weighted by Crippen LogP contribution is 2.18. The summed E-state index contributed by atoms with van der Waals surface area (Å²) in [4.78, 5) is -0.0420. The Morgan fingerprint density at radius 2 is 2.24 bits per heavy atom. The molecule has 8 nitrogen and oxygen atoms in total. The summed E-state index contributed by atoms with van der Waals surface area (Å²) in [6, 6.07) is 3.35. The number of amidine groups is 1. The van der Waals surface area contributed by atoms with E-state index in [1.165, 1.54) is 23.1 Å². The minimum Gasteiger partial charge on any atom is -0.409 e. The zero-order chi connectivity index (χ0) is 15.6. The number of halogens is 1. The molecule has 21 heavy (non-hydrogen) atoms. The number of anilines is 1. The first-order valence-electron chi connectivity index (χ1n) is 5.62. The Labute approximate surface area is 119 Å². The molecule has 0 spiro atoms. The molecule has 0 amide bonds. The van der Waals surface area contributed by atoms with Crippen LogP contribution in [0, 0.1) is 5.82 Å². The minimum atomic E-state index is -3.85. The molecule has 0 saturated carbocycles. The van der Waals surface area contributed by atoms with Crippen LogP contribution in [0.2, 0.25) is 0 Å².